The van der Waals surface area contributed by atoms with Crippen LogP contribution in [0, 0.1) is 0 Å². The maximum absolute atomic E-state index is 12.5. The van der Waals surface area contributed by atoms with E-state index in [4.69, 9.17) is 0 Å². The highest BCUT2D eigenvalue weighted by Crippen LogP contribution is 2.12. The van der Waals surface area contributed by atoms with Crippen molar-refractivity contribution >= 4 is 23.6 Å². The molecule has 0 saturated carbocycles. The van der Waals surface area contributed by atoms with Crippen LogP contribution in [0.25, 0.3) is 0 Å². The van der Waals surface area contributed by atoms with Crippen LogP contribution in [0.2, 0.25) is 0 Å². The second-order valence-electron chi connectivity index (χ2n) is 5.30. The fourth-order valence-electron chi connectivity index (χ4n) is 1.90. The van der Waals surface area contributed by atoms with Crippen molar-refractivity contribution in [3.05, 3.63) is 23.9 Å². The van der Waals surface area contributed by atoms with E-state index in [1.807, 2.05) is 14.1 Å². The van der Waals surface area contributed by atoms with Crippen molar-refractivity contribution in [1.82, 2.24) is 15.2 Å². The van der Waals surface area contributed by atoms with Gasteiger partial charge >= 0.3 is 5.97 Å². The van der Waals surface area contributed by atoms with E-state index in [-0.39, 0.29) is 19.0 Å². The number of pyridine rings is 1. The van der Waals surface area contributed by atoms with Crippen molar-refractivity contribution < 1.29 is 19.5 Å². The van der Waals surface area contributed by atoms with Gasteiger partial charge < -0.3 is 20.2 Å². The predicted octanol–water partition coefficient (Wildman–Crippen LogP) is 0.199. The smallest absolute Gasteiger partial charge is 0.326 e. The van der Waals surface area contributed by atoms with Crippen molar-refractivity contribution in [1.29, 1.82) is 0 Å². The van der Waals surface area contributed by atoms with Gasteiger partial charge in [0.25, 0.3) is 5.91 Å². The molecule has 1 unspecified atom stereocenters. The third-order valence-electron chi connectivity index (χ3n) is 3.27. The quantitative estimate of drug-likeness (QED) is 0.743. The highest BCUT2D eigenvalue weighted by molar-refractivity contribution is 5.96. The summed E-state index contributed by atoms with van der Waals surface area (Å²) in [6.45, 7) is 3.06. The molecule has 8 heteroatoms. The highest BCUT2D eigenvalue weighted by atomic mass is 16.4. The predicted molar refractivity (Wildman–Crippen MR) is 85.4 cm³/mol. The topological polar surface area (TPSA) is 103 Å². The molecule has 1 heterocycles. The molecule has 0 radical (unpaired) electrons. The summed E-state index contributed by atoms with van der Waals surface area (Å²) >= 11 is 0. The molecule has 2 amide bonds. The third-order valence-corrected chi connectivity index (χ3v) is 3.27. The van der Waals surface area contributed by atoms with Gasteiger partial charge in [0, 0.05) is 40.3 Å². The number of carbonyl (C=O) groups excluding carboxylic acids is 2. The van der Waals surface area contributed by atoms with Crippen molar-refractivity contribution in [3.8, 4) is 0 Å². The standard InChI is InChI=1S/C15H22N4O4/c1-10(15(22)23)19(8-7-16-11(2)20)14(21)12-5-6-13(17-9-12)18(3)4/h5-6,9-10H,7-8H2,1-4H3,(H,16,20)(H,22,23). The summed E-state index contributed by atoms with van der Waals surface area (Å²) in [7, 11) is 3.66. The lowest BCUT2D eigenvalue weighted by Crippen LogP contribution is -2.46. The minimum atomic E-state index is -1.11. The van der Waals surface area contributed by atoms with Gasteiger partial charge in [-0.05, 0) is 19.1 Å². The first-order chi connectivity index (χ1) is 10.7. The van der Waals surface area contributed by atoms with E-state index in [1.54, 1.807) is 17.0 Å². The lowest BCUT2D eigenvalue weighted by Gasteiger charge is -2.26. The fraction of sp³-hybridized carbons (Fsp3) is 0.467. The van der Waals surface area contributed by atoms with Gasteiger partial charge in [0.15, 0.2) is 0 Å². The van der Waals surface area contributed by atoms with Crippen molar-refractivity contribution in [2.24, 2.45) is 0 Å². The average Bonchev–Trinajstić information content (AvgIpc) is 2.50. The molecule has 0 aliphatic carbocycles. The van der Waals surface area contributed by atoms with Gasteiger partial charge in [-0.3, -0.25) is 9.59 Å². The number of hydrogen-bond acceptors (Lipinski definition) is 5. The van der Waals surface area contributed by atoms with E-state index >= 15 is 0 Å². The van der Waals surface area contributed by atoms with E-state index < -0.39 is 17.9 Å². The largest absolute Gasteiger partial charge is 0.480 e. The van der Waals surface area contributed by atoms with Crippen LogP contribution in [-0.2, 0) is 9.59 Å². The zero-order valence-electron chi connectivity index (χ0n) is 13.7. The lowest BCUT2D eigenvalue weighted by atomic mass is 10.2. The number of anilines is 1. The molecule has 23 heavy (non-hydrogen) atoms. The fourth-order valence-corrected chi connectivity index (χ4v) is 1.90. The highest BCUT2D eigenvalue weighted by Gasteiger charge is 2.26. The maximum atomic E-state index is 12.5. The van der Waals surface area contributed by atoms with Gasteiger partial charge in [-0.25, -0.2) is 9.78 Å². The molecule has 2 N–H and O–H groups in total. The Morgan fingerprint density at radius 1 is 1.30 bits per heavy atom. The summed E-state index contributed by atoms with van der Waals surface area (Å²) in [4.78, 5) is 41.8. The minimum Gasteiger partial charge on any atom is -0.480 e. The van der Waals surface area contributed by atoms with Crippen LogP contribution >= 0.6 is 0 Å². The minimum absolute atomic E-state index is 0.0985. The number of aromatic nitrogens is 1. The average molecular weight is 322 g/mol. The van der Waals surface area contributed by atoms with E-state index in [1.165, 1.54) is 24.9 Å². The molecule has 1 aromatic rings. The second-order valence-corrected chi connectivity index (χ2v) is 5.30. The van der Waals surface area contributed by atoms with Crippen molar-refractivity contribution in [2.75, 3.05) is 32.1 Å². The number of hydrogen-bond donors (Lipinski definition) is 2. The molecular formula is C15H22N4O4. The van der Waals surface area contributed by atoms with Gasteiger partial charge in [-0.1, -0.05) is 0 Å². The lowest BCUT2D eigenvalue weighted by molar-refractivity contribution is -0.141. The Balaban J connectivity index is 2.93. The molecule has 0 fully saturated rings. The monoisotopic (exact) mass is 322 g/mol. The molecule has 0 aliphatic heterocycles. The first-order valence-corrected chi connectivity index (χ1v) is 7.15. The summed E-state index contributed by atoms with van der Waals surface area (Å²) < 4.78 is 0. The number of carboxylic acid groups (broad SMARTS) is 1. The summed E-state index contributed by atoms with van der Waals surface area (Å²) in [6.07, 6.45) is 1.41. The van der Waals surface area contributed by atoms with Gasteiger partial charge in [-0.15, -0.1) is 0 Å². The Labute approximate surface area is 135 Å². The molecule has 0 saturated heterocycles. The van der Waals surface area contributed by atoms with Crippen molar-refractivity contribution in [2.45, 2.75) is 19.9 Å². The van der Waals surface area contributed by atoms with Crippen molar-refractivity contribution in [3.63, 3.8) is 0 Å². The van der Waals surface area contributed by atoms with Gasteiger partial charge in [0.1, 0.15) is 11.9 Å². The number of amides is 2. The van der Waals surface area contributed by atoms with Crippen LogP contribution in [-0.4, -0.2) is 66.0 Å². The van der Waals surface area contributed by atoms with Crippen LogP contribution in [0.15, 0.2) is 18.3 Å². The normalized spacial score (nSPS) is 11.5. The third kappa shape index (κ3) is 5.24. The van der Waals surface area contributed by atoms with E-state index in [0.29, 0.717) is 11.4 Å². The molecule has 8 nitrogen and oxygen atoms in total. The van der Waals surface area contributed by atoms with E-state index in [9.17, 15) is 19.5 Å². The molecule has 1 aromatic heterocycles. The Hall–Kier alpha value is -2.64. The molecule has 0 aliphatic rings. The maximum Gasteiger partial charge on any atom is 0.326 e. The number of carboxylic acids is 1. The Kier molecular flexibility index (Phi) is 6.49. The Bertz CT molecular complexity index is 571. The number of nitrogens with one attached hydrogen (secondary N) is 1. The van der Waals surface area contributed by atoms with Crippen LogP contribution < -0.4 is 10.2 Å². The Morgan fingerprint density at radius 2 is 1.96 bits per heavy atom. The number of nitrogens with zero attached hydrogens (tertiary/aromatic N) is 3. The molecule has 1 rings (SSSR count). The summed E-state index contributed by atoms with van der Waals surface area (Å²) in [5.41, 5.74) is 0.298. The van der Waals surface area contributed by atoms with E-state index in [0.717, 1.165) is 0 Å². The summed E-state index contributed by atoms with van der Waals surface area (Å²) in [5.74, 6) is -1.10. The number of rotatable bonds is 7. The molecule has 0 spiro atoms. The molecule has 0 aromatic carbocycles. The van der Waals surface area contributed by atoms with Gasteiger partial charge in [0.2, 0.25) is 5.91 Å². The van der Waals surface area contributed by atoms with Gasteiger partial charge in [-0.2, -0.15) is 0 Å². The second kappa shape index (κ2) is 8.11. The summed E-state index contributed by atoms with van der Waals surface area (Å²) in [5, 5.41) is 11.7. The Morgan fingerprint density at radius 3 is 2.39 bits per heavy atom. The first-order valence-electron chi connectivity index (χ1n) is 7.15. The molecule has 0 bridgehead atoms. The van der Waals surface area contributed by atoms with Crippen LogP contribution in [0.3, 0.4) is 0 Å². The zero-order chi connectivity index (χ0) is 17.6. The number of aliphatic carboxylic acids is 1. The summed E-state index contributed by atoms with van der Waals surface area (Å²) in [6, 6.07) is 2.28. The van der Waals surface area contributed by atoms with Gasteiger partial charge in [0.05, 0.1) is 5.56 Å². The van der Waals surface area contributed by atoms with Crippen LogP contribution in [0.1, 0.15) is 24.2 Å². The van der Waals surface area contributed by atoms with Crippen LogP contribution in [0.5, 0.6) is 0 Å². The van der Waals surface area contributed by atoms with E-state index in [2.05, 4.69) is 10.3 Å². The molecule has 1 atom stereocenters. The molecule has 126 valence electrons. The SMILES string of the molecule is CC(=O)NCCN(C(=O)c1ccc(N(C)C)nc1)C(C)C(=O)O. The zero-order valence-corrected chi connectivity index (χ0v) is 13.7. The molecular weight excluding hydrogens is 300 g/mol. The van der Waals surface area contributed by atoms with Crippen LogP contribution in [0.4, 0.5) is 5.82 Å². The number of carbonyl (C=O) groups is 3. The first kappa shape index (κ1) is 18.4.